The number of benzene rings is 2. The Bertz CT molecular complexity index is 1000. The van der Waals surface area contributed by atoms with Gasteiger partial charge in [-0.1, -0.05) is 59.2 Å². The number of hydrogen-bond donors (Lipinski definition) is 0. The van der Waals surface area contributed by atoms with Crippen molar-refractivity contribution in [3.05, 3.63) is 81.2 Å². The van der Waals surface area contributed by atoms with Crippen molar-refractivity contribution in [2.24, 2.45) is 5.11 Å². The van der Waals surface area contributed by atoms with Crippen molar-refractivity contribution in [2.45, 2.75) is 30.3 Å². The summed E-state index contributed by atoms with van der Waals surface area (Å²) in [5, 5.41) is 4.48. The molecule has 0 aliphatic carbocycles. The number of amides is 2. The van der Waals surface area contributed by atoms with E-state index >= 15 is 0 Å². The van der Waals surface area contributed by atoms with Crippen molar-refractivity contribution >= 4 is 23.6 Å². The number of ether oxygens (including phenoxy) is 2. The van der Waals surface area contributed by atoms with E-state index in [9.17, 15) is 15.1 Å². The third-order valence-electron chi connectivity index (χ3n) is 6.02. The summed E-state index contributed by atoms with van der Waals surface area (Å²) in [4.78, 5) is 30.4. The van der Waals surface area contributed by atoms with Crippen LogP contribution in [0.15, 0.2) is 59.7 Å². The lowest BCUT2D eigenvalue weighted by Crippen LogP contribution is -2.52. The van der Waals surface area contributed by atoms with Crippen LogP contribution in [-0.4, -0.2) is 42.8 Å². The molecule has 2 aliphatic heterocycles. The molecule has 2 aliphatic rings. The maximum Gasteiger partial charge on any atom is 0.417 e. The van der Waals surface area contributed by atoms with Gasteiger partial charge >= 0.3 is 6.09 Å². The molecule has 2 saturated heterocycles. The van der Waals surface area contributed by atoms with Crippen LogP contribution in [0.3, 0.4) is 0 Å². The molecule has 160 valence electrons. The molecule has 4 rings (SSSR count). The Kier molecular flexibility index (Phi) is 6.13. The van der Waals surface area contributed by atoms with Gasteiger partial charge in [0.05, 0.1) is 0 Å². The van der Waals surface area contributed by atoms with Crippen LogP contribution < -0.4 is 0 Å². The number of rotatable bonds is 5. The highest BCUT2D eigenvalue weighted by molar-refractivity contribution is 6.30. The summed E-state index contributed by atoms with van der Waals surface area (Å²) >= 11 is 6.07. The van der Waals surface area contributed by atoms with E-state index in [1.54, 1.807) is 12.1 Å². The molecule has 0 spiro atoms. The zero-order valence-electron chi connectivity index (χ0n) is 16.7. The van der Waals surface area contributed by atoms with E-state index in [1.807, 2.05) is 42.5 Å². The molecule has 0 bridgehead atoms. The van der Waals surface area contributed by atoms with Crippen LogP contribution in [0, 0.1) is 0 Å². The van der Waals surface area contributed by atoms with Crippen LogP contribution in [0.4, 0.5) is 4.79 Å². The van der Waals surface area contributed by atoms with Crippen LogP contribution in [0.2, 0.25) is 5.02 Å². The van der Waals surface area contributed by atoms with E-state index in [0.29, 0.717) is 31.1 Å². The van der Waals surface area contributed by atoms with Gasteiger partial charge in [-0.3, -0.25) is 4.79 Å². The lowest BCUT2D eigenvalue weighted by atomic mass is 9.68. The number of nitrogens with zero attached hydrogens (tertiary/aromatic N) is 4. The SMILES string of the molecule is [N-]=[N+]=NC(C(=O)N1C(=O)OC[C@@H]1c1ccccc1)C1(c2ccc(Cl)cc2)CCOCC1. The Balaban J connectivity index is 1.77. The molecule has 9 heteroatoms. The molecule has 2 amide bonds. The van der Waals surface area contributed by atoms with Crippen molar-refractivity contribution < 1.29 is 19.1 Å². The van der Waals surface area contributed by atoms with Crippen LogP contribution in [0.5, 0.6) is 0 Å². The molecule has 31 heavy (non-hydrogen) atoms. The van der Waals surface area contributed by atoms with Crippen molar-refractivity contribution in [2.75, 3.05) is 19.8 Å². The summed E-state index contributed by atoms with van der Waals surface area (Å²) in [5.41, 5.74) is 10.1. The average Bonchev–Trinajstić information content (AvgIpc) is 3.20. The fraction of sp³-hybridized carbons (Fsp3) is 0.364. The molecular weight excluding hydrogens is 420 g/mol. The first-order chi connectivity index (χ1) is 15.1. The first-order valence-corrected chi connectivity index (χ1v) is 10.4. The van der Waals surface area contributed by atoms with Gasteiger partial charge in [0.1, 0.15) is 18.7 Å². The minimum Gasteiger partial charge on any atom is -0.446 e. The molecule has 0 N–H and O–H groups in total. The second kappa shape index (κ2) is 8.98. The molecule has 2 atom stereocenters. The highest BCUT2D eigenvalue weighted by Gasteiger charge is 2.50. The number of azide groups is 1. The molecule has 2 fully saturated rings. The zero-order valence-corrected chi connectivity index (χ0v) is 17.4. The van der Waals surface area contributed by atoms with Crippen LogP contribution >= 0.6 is 11.6 Å². The van der Waals surface area contributed by atoms with E-state index in [4.69, 9.17) is 21.1 Å². The molecule has 2 heterocycles. The summed E-state index contributed by atoms with van der Waals surface area (Å²) in [6.45, 7) is 0.856. The van der Waals surface area contributed by atoms with Crippen molar-refractivity contribution in [1.29, 1.82) is 0 Å². The summed E-state index contributed by atoms with van der Waals surface area (Å²) in [6, 6.07) is 14.6. The standard InChI is InChI=1S/C22H21ClN4O4/c23-17-8-6-16(7-9-17)22(10-12-30-13-11-22)19(25-26-24)20(28)27-18(14-31-21(27)29)15-4-2-1-3-5-15/h1-9,18-19H,10-14H2/t18-,19?/m1/s1. The average molecular weight is 441 g/mol. The first-order valence-electron chi connectivity index (χ1n) is 9.99. The zero-order chi connectivity index (χ0) is 21.8. The van der Waals surface area contributed by atoms with E-state index in [0.717, 1.165) is 16.0 Å². The highest BCUT2D eigenvalue weighted by Crippen LogP contribution is 2.42. The van der Waals surface area contributed by atoms with Gasteiger partial charge in [-0.05, 0) is 41.6 Å². The Morgan fingerprint density at radius 1 is 1.16 bits per heavy atom. The van der Waals surface area contributed by atoms with Gasteiger partial charge in [-0.25, -0.2) is 9.69 Å². The maximum absolute atomic E-state index is 13.8. The maximum atomic E-state index is 13.8. The van der Waals surface area contributed by atoms with Gasteiger partial charge in [0, 0.05) is 28.6 Å². The molecule has 1 unspecified atom stereocenters. The van der Waals surface area contributed by atoms with E-state index < -0.39 is 29.5 Å². The number of halogens is 1. The molecule has 2 aromatic rings. The summed E-state index contributed by atoms with van der Waals surface area (Å²) in [6.07, 6.45) is 0.182. The minimum atomic E-state index is -1.14. The third kappa shape index (κ3) is 3.97. The van der Waals surface area contributed by atoms with Crippen molar-refractivity contribution in [3.8, 4) is 0 Å². The number of hydrogen-bond acceptors (Lipinski definition) is 5. The van der Waals surface area contributed by atoms with Crippen LogP contribution in [0.25, 0.3) is 10.4 Å². The number of carbonyl (C=O) groups is 2. The second-order valence-corrected chi connectivity index (χ2v) is 8.03. The first kappa shape index (κ1) is 21.2. The molecule has 8 nitrogen and oxygen atoms in total. The largest absolute Gasteiger partial charge is 0.446 e. The van der Waals surface area contributed by atoms with Gasteiger partial charge in [0.25, 0.3) is 0 Å². The minimum absolute atomic E-state index is 0.0502. The lowest BCUT2D eigenvalue weighted by Gasteiger charge is -2.42. The van der Waals surface area contributed by atoms with Crippen LogP contribution in [-0.2, 0) is 19.7 Å². The Labute approximate surface area is 184 Å². The van der Waals surface area contributed by atoms with Crippen LogP contribution in [0.1, 0.15) is 30.0 Å². The summed E-state index contributed by atoms with van der Waals surface area (Å²) in [5.74, 6) is -0.578. The van der Waals surface area contributed by atoms with Gasteiger partial charge in [0.15, 0.2) is 0 Å². The Morgan fingerprint density at radius 2 is 1.84 bits per heavy atom. The van der Waals surface area contributed by atoms with E-state index in [2.05, 4.69) is 10.0 Å². The lowest BCUT2D eigenvalue weighted by molar-refractivity contribution is -0.133. The normalized spacial score (nSPS) is 21.1. The topological polar surface area (TPSA) is 105 Å². The van der Waals surface area contributed by atoms with Gasteiger partial charge in [-0.15, -0.1) is 0 Å². The second-order valence-electron chi connectivity index (χ2n) is 7.59. The molecule has 0 aromatic heterocycles. The molecule has 0 radical (unpaired) electrons. The monoisotopic (exact) mass is 440 g/mol. The summed E-state index contributed by atoms with van der Waals surface area (Å²) in [7, 11) is 0. The predicted octanol–water partition coefficient (Wildman–Crippen LogP) is 4.79. The number of carbonyl (C=O) groups excluding carboxylic acids is 2. The molecule has 2 aromatic carbocycles. The number of imide groups is 1. The molecule has 0 saturated carbocycles. The van der Waals surface area contributed by atoms with E-state index in [-0.39, 0.29) is 6.61 Å². The smallest absolute Gasteiger partial charge is 0.417 e. The third-order valence-corrected chi connectivity index (χ3v) is 6.28. The quantitative estimate of drug-likeness (QED) is 0.378. The fourth-order valence-corrected chi connectivity index (χ4v) is 4.53. The van der Waals surface area contributed by atoms with Gasteiger partial charge in [-0.2, -0.15) is 0 Å². The van der Waals surface area contributed by atoms with Gasteiger partial charge in [0.2, 0.25) is 5.91 Å². The Morgan fingerprint density at radius 3 is 2.48 bits per heavy atom. The van der Waals surface area contributed by atoms with Gasteiger partial charge < -0.3 is 9.47 Å². The van der Waals surface area contributed by atoms with Crippen molar-refractivity contribution in [3.63, 3.8) is 0 Å². The van der Waals surface area contributed by atoms with Crippen molar-refractivity contribution in [1.82, 2.24) is 4.90 Å². The fourth-order valence-electron chi connectivity index (χ4n) is 4.40. The number of cyclic esters (lactones) is 1. The Hall–Kier alpha value is -3.06. The molecular formula is C22H21ClN4O4. The van der Waals surface area contributed by atoms with E-state index in [1.165, 1.54) is 0 Å². The predicted molar refractivity (Wildman–Crippen MR) is 113 cm³/mol. The highest BCUT2D eigenvalue weighted by atomic mass is 35.5. The summed E-state index contributed by atoms with van der Waals surface area (Å²) < 4.78 is 10.8.